The van der Waals surface area contributed by atoms with Crippen LogP contribution in [0, 0.1) is 11.8 Å². The molecule has 0 radical (unpaired) electrons. The van der Waals surface area contributed by atoms with Crippen LogP contribution in [0.2, 0.25) is 0 Å². The number of carbonyl (C=O) groups is 1. The van der Waals surface area contributed by atoms with Gasteiger partial charge in [-0.25, -0.2) is 9.36 Å². The van der Waals surface area contributed by atoms with Crippen LogP contribution in [0.3, 0.4) is 0 Å². The summed E-state index contributed by atoms with van der Waals surface area (Å²) in [5, 5.41) is 9.87. The van der Waals surface area contributed by atoms with Crippen LogP contribution in [0.25, 0.3) is 0 Å². The first-order valence-corrected chi connectivity index (χ1v) is 13.4. The van der Waals surface area contributed by atoms with Gasteiger partial charge in [-0.1, -0.05) is 65.2 Å². The molecule has 2 aliphatic rings. The van der Waals surface area contributed by atoms with Crippen molar-refractivity contribution < 1.29 is 32.8 Å². The predicted molar refractivity (Wildman–Crippen MR) is 119 cm³/mol. The second-order valence-electron chi connectivity index (χ2n) is 9.19. The highest BCUT2D eigenvalue weighted by Gasteiger charge is 2.42. The number of carbonyl (C=O) groups excluding carboxylic acids is 1. The number of aliphatic hydroxyl groups is 1. The zero-order chi connectivity index (χ0) is 22.7. The molecular formula is C23H41O7P. The molecule has 2 rings (SSSR count). The molecule has 0 aromatic carbocycles. The van der Waals surface area contributed by atoms with E-state index in [1.165, 1.54) is 32.1 Å². The van der Waals surface area contributed by atoms with Crippen molar-refractivity contribution in [2.45, 2.75) is 97.5 Å². The second-order valence-corrected chi connectivity index (χ2v) is 10.8. The predicted octanol–water partition coefficient (Wildman–Crippen LogP) is 5.91. The van der Waals surface area contributed by atoms with E-state index in [2.05, 4.69) is 13.8 Å². The lowest BCUT2D eigenvalue weighted by atomic mass is 10.00. The summed E-state index contributed by atoms with van der Waals surface area (Å²) in [5.74, 6) is 0.179. The molecule has 0 spiro atoms. The van der Waals surface area contributed by atoms with Crippen LogP contribution in [0.1, 0.15) is 91.4 Å². The van der Waals surface area contributed by atoms with E-state index in [1.54, 1.807) is 6.92 Å². The quantitative estimate of drug-likeness (QED) is 0.184. The lowest BCUT2D eigenvalue weighted by Gasteiger charge is -2.17. The average molecular weight is 461 g/mol. The Morgan fingerprint density at radius 3 is 2.29 bits per heavy atom. The third-order valence-corrected chi connectivity index (χ3v) is 7.24. The summed E-state index contributed by atoms with van der Waals surface area (Å²) >= 11 is 0. The lowest BCUT2D eigenvalue weighted by molar-refractivity contribution is -0.135. The van der Waals surface area contributed by atoms with Gasteiger partial charge in [-0.05, 0) is 32.1 Å². The van der Waals surface area contributed by atoms with E-state index < -0.39 is 13.8 Å². The molecule has 3 atom stereocenters. The van der Waals surface area contributed by atoms with Crippen LogP contribution in [-0.4, -0.2) is 37.0 Å². The number of allylic oxidation sites excluding steroid dienone is 1. The fourth-order valence-corrected chi connectivity index (χ4v) is 5.44. The first-order chi connectivity index (χ1) is 14.8. The van der Waals surface area contributed by atoms with Crippen molar-refractivity contribution in [3.63, 3.8) is 0 Å². The summed E-state index contributed by atoms with van der Waals surface area (Å²) in [6, 6.07) is 0. The highest BCUT2D eigenvalue weighted by atomic mass is 31.2. The standard InChI is InChI=1S/C23H41O7P/c1-18(2)15-21(24)13-11-9-7-5-4-6-8-10-12-14-28-31(26)29-17-20-16-27-23(25)22(20)19(3)30-31/h18,20-21,24H,4-17H2,1-3H3. The normalized spacial score (nSPS) is 24.7. The molecule has 0 aliphatic carbocycles. The highest BCUT2D eigenvalue weighted by Crippen LogP contribution is 2.54. The Labute approximate surface area is 187 Å². The Bertz CT molecular complexity index is 631. The van der Waals surface area contributed by atoms with Crippen molar-refractivity contribution in [1.82, 2.24) is 0 Å². The van der Waals surface area contributed by atoms with E-state index in [9.17, 15) is 14.5 Å². The van der Waals surface area contributed by atoms with E-state index in [0.717, 1.165) is 38.5 Å². The minimum Gasteiger partial charge on any atom is -0.461 e. The van der Waals surface area contributed by atoms with Crippen LogP contribution < -0.4 is 0 Å². The van der Waals surface area contributed by atoms with Gasteiger partial charge in [0.25, 0.3) is 0 Å². The van der Waals surface area contributed by atoms with Crippen molar-refractivity contribution in [2.75, 3.05) is 19.8 Å². The van der Waals surface area contributed by atoms with Crippen molar-refractivity contribution in [3.05, 3.63) is 11.3 Å². The van der Waals surface area contributed by atoms with Gasteiger partial charge in [-0.2, -0.15) is 0 Å². The Balaban J connectivity index is 1.46. The van der Waals surface area contributed by atoms with Crippen LogP contribution >= 0.6 is 7.82 Å². The van der Waals surface area contributed by atoms with Gasteiger partial charge < -0.3 is 14.4 Å². The SMILES string of the molecule is CC1=C2C(=O)OCC2COP(=O)(OCCCCCCCCCCCC(O)CC(C)C)O1. The number of ether oxygens (including phenoxy) is 1. The molecule has 8 heteroatoms. The van der Waals surface area contributed by atoms with Crippen LogP contribution in [-0.2, 0) is 27.7 Å². The van der Waals surface area contributed by atoms with Crippen LogP contribution in [0.4, 0.5) is 0 Å². The minimum absolute atomic E-state index is 0.104. The lowest BCUT2D eigenvalue weighted by Crippen LogP contribution is -2.10. The van der Waals surface area contributed by atoms with Crippen LogP contribution in [0.5, 0.6) is 0 Å². The monoisotopic (exact) mass is 460 g/mol. The third kappa shape index (κ3) is 9.65. The fourth-order valence-electron chi connectivity index (χ4n) is 4.11. The van der Waals surface area contributed by atoms with Gasteiger partial charge in [0.15, 0.2) is 0 Å². The number of hydrogen-bond acceptors (Lipinski definition) is 7. The summed E-state index contributed by atoms with van der Waals surface area (Å²) in [5.41, 5.74) is 0.410. The summed E-state index contributed by atoms with van der Waals surface area (Å²) in [6.45, 7) is 6.55. The molecule has 2 aliphatic heterocycles. The molecule has 1 fully saturated rings. The zero-order valence-electron chi connectivity index (χ0n) is 19.5. The number of unbranched alkanes of at least 4 members (excludes halogenated alkanes) is 8. The van der Waals surface area contributed by atoms with E-state index >= 15 is 0 Å². The molecule has 7 nitrogen and oxygen atoms in total. The van der Waals surface area contributed by atoms with Crippen molar-refractivity contribution in [3.8, 4) is 0 Å². The molecule has 0 aromatic heterocycles. The largest absolute Gasteiger partial charge is 0.529 e. The Hall–Kier alpha value is -0.880. The van der Waals surface area contributed by atoms with Gasteiger partial charge in [0, 0.05) is 0 Å². The molecule has 2 heterocycles. The molecule has 0 aromatic rings. The van der Waals surface area contributed by atoms with Gasteiger partial charge in [-0.15, -0.1) is 0 Å². The average Bonchev–Trinajstić information content (AvgIpc) is 3.01. The van der Waals surface area contributed by atoms with Crippen molar-refractivity contribution in [2.24, 2.45) is 11.8 Å². The smallest absolute Gasteiger partial charge is 0.461 e. The van der Waals surface area contributed by atoms with Crippen LogP contribution in [0.15, 0.2) is 11.3 Å². The molecular weight excluding hydrogens is 419 g/mol. The Kier molecular flexibility index (Phi) is 11.6. The number of fused-ring (bicyclic) bond motifs is 1. The summed E-state index contributed by atoms with van der Waals surface area (Å²) in [4.78, 5) is 11.7. The van der Waals surface area contributed by atoms with E-state index in [0.29, 0.717) is 18.1 Å². The second kappa shape index (κ2) is 13.6. The fraction of sp³-hybridized carbons (Fsp3) is 0.870. The first-order valence-electron chi connectivity index (χ1n) is 12.0. The maximum atomic E-state index is 12.7. The molecule has 31 heavy (non-hydrogen) atoms. The number of cyclic esters (lactones) is 1. The van der Waals surface area contributed by atoms with Gasteiger partial charge >= 0.3 is 13.8 Å². The number of aliphatic hydroxyl groups excluding tert-OH is 1. The third-order valence-electron chi connectivity index (χ3n) is 5.78. The summed E-state index contributed by atoms with van der Waals surface area (Å²) in [6.07, 6.45) is 11.8. The number of hydrogen-bond donors (Lipinski definition) is 1. The van der Waals surface area contributed by atoms with E-state index in [4.69, 9.17) is 18.3 Å². The first kappa shape index (κ1) is 26.4. The number of phosphoric acid groups is 1. The maximum absolute atomic E-state index is 12.7. The maximum Gasteiger partial charge on any atom is 0.529 e. The van der Waals surface area contributed by atoms with E-state index in [1.807, 2.05) is 0 Å². The molecule has 180 valence electrons. The Morgan fingerprint density at radius 2 is 1.65 bits per heavy atom. The van der Waals surface area contributed by atoms with Crippen molar-refractivity contribution >= 4 is 13.8 Å². The van der Waals surface area contributed by atoms with Crippen molar-refractivity contribution in [1.29, 1.82) is 0 Å². The summed E-state index contributed by atoms with van der Waals surface area (Å²) in [7, 11) is -3.67. The molecule has 0 amide bonds. The molecule has 1 N–H and O–H groups in total. The molecule has 3 unspecified atom stereocenters. The zero-order valence-corrected chi connectivity index (χ0v) is 20.4. The Morgan fingerprint density at radius 1 is 1.03 bits per heavy atom. The van der Waals surface area contributed by atoms with Gasteiger partial charge in [0.2, 0.25) is 0 Å². The van der Waals surface area contributed by atoms with Gasteiger partial charge in [0.1, 0.15) is 12.4 Å². The molecule has 1 saturated heterocycles. The molecule has 0 bridgehead atoms. The van der Waals surface area contributed by atoms with E-state index in [-0.39, 0.29) is 31.0 Å². The number of phosphoric ester groups is 1. The van der Waals surface area contributed by atoms with Gasteiger partial charge in [0.05, 0.1) is 30.8 Å². The molecule has 0 saturated carbocycles. The topological polar surface area (TPSA) is 91.3 Å². The van der Waals surface area contributed by atoms with Gasteiger partial charge in [-0.3, -0.25) is 9.05 Å². The summed E-state index contributed by atoms with van der Waals surface area (Å²) < 4.78 is 33.9. The number of rotatable bonds is 15. The number of esters is 1. The highest BCUT2D eigenvalue weighted by molar-refractivity contribution is 7.48. The minimum atomic E-state index is -3.67.